The van der Waals surface area contributed by atoms with Crippen LogP contribution in [0.5, 0.6) is 11.5 Å². The van der Waals surface area contributed by atoms with Gasteiger partial charge in [-0.1, -0.05) is 6.07 Å². The van der Waals surface area contributed by atoms with E-state index in [1.807, 2.05) is 32.0 Å². The summed E-state index contributed by atoms with van der Waals surface area (Å²) in [6, 6.07) is 17.9. The third-order valence-corrected chi connectivity index (χ3v) is 6.03. The second-order valence-corrected chi connectivity index (χ2v) is 8.85. The van der Waals surface area contributed by atoms with Crippen molar-refractivity contribution in [1.82, 2.24) is 0 Å². The maximum atomic E-state index is 10.7. The number of fused-ring (bicyclic) bond motifs is 1. The molecular weight excluding hydrogens is 424 g/mol. The molecule has 0 unspecified atom stereocenters. The van der Waals surface area contributed by atoms with Crippen LogP contribution in [0.15, 0.2) is 65.1 Å². The van der Waals surface area contributed by atoms with E-state index in [0.717, 1.165) is 33.4 Å². The minimum atomic E-state index is -1.00. The highest BCUT2D eigenvalue weighted by molar-refractivity contribution is 7.13. The Balaban J connectivity index is 1.56. The van der Waals surface area contributed by atoms with Crippen molar-refractivity contribution in [3.63, 3.8) is 0 Å². The summed E-state index contributed by atoms with van der Waals surface area (Å²) in [5, 5.41) is 9.85. The number of carbonyl (C=O) groups is 1. The number of carboxylic acids is 1. The SMILES string of the molecule is Cc1cc2cc(/C(=C/COc3ccc(OCC(=O)O)c(C)c3)c3ccc(C)s3)ccc2o1. The first-order valence-corrected chi connectivity index (χ1v) is 11.1. The molecule has 0 fully saturated rings. The lowest BCUT2D eigenvalue weighted by molar-refractivity contribution is -0.139. The van der Waals surface area contributed by atoms with Crippen molar-refractivity contribution in [2.24, 2.45) is 0 Å². The molecule has 1 N–H and O–H groups in total. The van der Waals surface area contributed by atoms with Gasteiger partial charge in [-0.3, -0.25) is 0 Å². The summed E-state index contributed by atoms with van der Waals surface area (Å²) in [4.78, 5) is 13.1. The molecule has 0 saturated heterocycles. The lowest BCUT2D eigenvalue weighted by atomic mass is 10.0. The molecule has 0 radical (unpaired) electrons. The fourth-order valence-electron chi connectivity index (χ4n) is 3.52. The second-order valence-electron chi connectivity index (χ2n) is 7.56. The van der Waals surface area contributed by atoms with Crippen LogP contribution in [-0.2, 0) is 4.79 Å². The summed E-state index contributed by atoms with van der Waals surface area (Å²) in [6.07, 6.45) is 2.09. The van der Waals surface area contributed by atoms with Crippen molar-refractivity contribution in [2.45, 2.75) is 20.8 Å². The van der Waals surface area contributed by atoms with Crippen LogP contribution >= 0.6 is 11.3 Å². The highest BCUT2D eigenvalue weighted by atomic mass is 32.1. The Labute approximate surface area is 190 Å². The number of hydrogen-bond donors (Lipinski definition) is 1. The van der Waals surface area contributed by atoms with Gasteiger partial charge >= 0.3 is 5.97 Å². The average molecular weight is 449 g/mol. The Bertz CT molecular complexity index is 1290. The molecular formula is C26H24O5S. The first kappa shape index (κ1) is 21.7. The molecule has 4 aromatic rings. The van der Waals surface area contributed by atoms with E-state index in [9.17, 15) is 4.79 Å². The van der Waals surface area contributed by atoms with E-state index in [4.69, 9.17) is 19.0 Å². The molecule has 0 saturated carbocycles. The largest absolute Gasteiger partial charge is 0.489 e. The summed E-state index contributed by atoms with van der Waals surface area (Å²) < 4.78 is 17.0. The quantitative estimate of drug-likeness (QED) is 0.338. The fourth-order valence-corrected chi connectivity index (χ4v) is 4.45. The van der Waals surface area contributed by atoms with E-state index in [2.05, 4.69) is 37.3 Å². The highest BCUT2D eigenvalue weighted by Crippen LogP contribution is 2.32. The number of rotatable bonds is 8. The van der Waals surface area contributed by atoms with Crippen LogP contribution in [-0.4, -0.2) is 24.3 Å². The number of thiophene rings is 1. The van der Waals surface area contributed by atoms with Gasteiger partial charge in [-0.2, -0.15) is 0 Å². The van der Waals surface area contributed by atoms with Crippen LogP contribution < -0.4 is 9.47 Å². The molecule has 2 aromatic carbocycles. The number of furan rings is 1. The summed E-state index contributed by atoms with van der Waals surface area (Å²) >= 11 is 1.75. The van der Waals surface area contributed by atoms with Crippen LogP contribution in [0.2, 0.25) is 0 Å². The number of ether oxygens (including phenoxy) is 2. The van der Waals surface area contributed by atoms with Crippen LogP contribution in [0.25, 0.3) is 16.5 Å². The zero-order chi connectivity index (χ0) is 22.7. The molecule has 0 aliphatic heterocycles. The normalized spacial score (nSPS) is 11.7. The van der Waals surface area contributed by atoms with Gasteiger partial charge in [0.2, 0.25) is 0 Å². The standard InChI is InChI=1S/C26H24O5S/c1-16-12-21(6-8-23(16)30-15-26(27)28)29-11-10-22(25-9-4-18(3)32-25)19-5-7-24-20(14-19)13-17(2)31-24/h4-10,12-14H,11,15H2,1-3H3,(H,27,28)/b22-10-. The Morgan fingerprint density at radius 2 is 1.88 bits per heavy atom. The summed E-state index contributed by atoms with van der Waals surface area (Å²) in [7, 11) is 0. The van der Waals surface area contributed by atoms with Gasteiger partial charge in [0.05, 0.1) is 0 Å². The predicted molar refractivity (Wildman–Crippen MR) is 127 cm³/mol. The number of hydrogen-bond acceptors (Lipinski definition) is 5. The lowest BCUT2D eigenvalue weighted by Gasteiger charge is -2.11. The molecule has 0 aliphatic rings. The Morgan fingerprint density at radius 3 is 2.59 bits per heavy atom. The minimum absolute atomic E-state index is 0.367. The van der Waals surface area contributed by atoms with Crippen LogP contribution in [0.4, 0.5) is 0 Å². The van der Waals surface area contributed by atoms with Gasteiger partial charge in [0.1, 0.15) is 29.4 Å². The molecule has 0 atom stereocenters. The smallest absolute Gasteiger partial charge is 0.341 e. The van der Waals surface area contributed by atoms with Gasteiger partial charge in [0, 0.05) is 15.1 Å². The number of aryl methyl sites for hydroxylation is 3. The first-order chi connectivity index (χ1) is 15.4. The molecule has 164 valence electrons. The Morgan fingerprint density at radius 1 is 1.03 bits per heavy atom. The number of benzene rings is 2. The predicted octanol–water partition coefficient (Wildman–Crippen LogP) is 6.39. The number of carboxylic acid groups (broad SMARTS) is 1. The van der Waals surface area contributed by atoms with Gasteiger partial charge < -0.3 is 19.0 Å². The molecule has 4 rings (SSSR count). The van der Waals surface area contributed by atoms with Crippen molar-refractivity contribution < 1.29 is 23.8 Å². The summed E-state index contributed by atoms with van der Waals surface area (Å²) in [5.41, 5.74) is 3.92. The third kappa shape index (κ3) is 5.03. The first-order valence-electron chi connectivity index (χ1n) is 10.2. The lowest BCUT2D eigenvalue weighted by Crippen LogP contribution is -2.10. The third-order valence-electron chi connectivity index (χ3n) is 4.99. The van der Waals surface area contributed by atoms with Crippen molar-refractivity contribution >= 4 is 33.8 Å². The van der Waals surface area contributed by atoms with E-state index in [-0.39, 0.29) is 6.61 Å². The van der Waals surface area contributed by atoms with E-state index < -0.39 is 5.97 Å². The van der Waals surface area contributed by atoms with E-state index in [1.54, 1.807) is 23.5 Å². The Kier molecular flexibility index (Phi) is 6.32. The summed E-state index contributed by atoms with van der Waals surface area (Å²) in [5.74, 6) is 1.12. The Hall–Kier alpha value is -3.51. The van der Waals surface area contributed by atoms with Crippen LogP contribution in [0.1, 0.15) is 26.6 Å². The van der Waals surface area contributed by atoms with Gasteiger partial charge in [0.25, 0.3) is 0 Å². The zero-order valence-corrected chi connectivity index (χ0v) is 19.0. The molecule has 0 bridgehead atoms. The molecule has 0 spiro atoms. The van der Waals surface area contributed by atoms with Crippen LogP contribution in [0, 0.1) is 20.8 Å². The van der Waals surface area contributed by atoms with Crippen molar-refractivity contribution in [3.05, 3.63) is 87.3 Å². The van der Waals surface area contributed by atoms with Crippen molar-refractivity contribution in [1.29, 1.82) is 0 Å². The molecule has 0 amide bonds. The van der Waals surface area contributed by atoms with Gasteiger partial charge in [-0.25, -0.2) is 4.79 Å². The second kappa shape index (κ2) is 9.32. The van der Waals surface area contributed by atoms with Gasteiger partial charge in [-0.15, -0.1) is 11.3 Å². The highest BCUT2D eigenvalue weighted by Gasteiger charge is 2.11. The zero-order valence-electron chi connectivity index (χ0n) is 18.2. The van der Waals surface area contributed by atoms with E-state index in [0.29, 0.717) is 18.1 Å². The minimum Gasteiger partial charge on any atom is -0.489 e. The van der Waals surface area contributed by atoms with Crippen molar-refractivity contribution in [2.75, 3.05) is 13.2 Å². The van der Waals surface area contributed by atoms with Crippen LogP contribution in [0.3, 0.4) is 0 Å². The average Bonchev–Trinajstić information content (AvgIpc) is 3.34. The van der Waals surface area contributed by atoms with Gasteiger partial charge in [0.15, 0.2) is 6.61 Å². The molecule has 2 aromatic heterocycles. The summed E-state index contributed by atoms with van der Waals surface area (Å²) in [6.45, 7) is 5.94. The maximum Gasteiger partial charge on any atom is 0.341 e. The van der Waals surface area contributed by atoms with Crippen molar-refractivity contribution in [3.8, 4) is 11.5 Å². The van der Waals surface area contributed by atoms with Gasteiger partial charge in [-0.05, 0) is 92.1 Å². The number of aliphatic carboxylic acids is 1. The molecule has 6 heteroatoms. The van der Waals surface area contributed by atoms with E-state index in [1.165, 1.54) is 9.75 Å². The molecule has 32 heavy (non-hydrogen) atoms. The topological polar surface area (TPSA) is 68.9 Å². The van der Waals surface area contributed by atoms with E-state index >= 15 is 0 Å². The fraction of sp³-hybridized carbons (Fsp3) is 0.192. The molecule has 5 nitrogen and oxygen atoms in total. The maximum absolute atomic E-state index is 10.7. The molecule has 0 aliphatic carbocycles. The molecule has 2 heterocycles. The monoisotopic (exact) mass is 448 g/mol.